The number of fused-ring (bicyclic) bond motifs is 1. The molecule has 0 saturated heterocycles. The van der Waals surface area contributed by atoms with Crippen LogP contribution in [0.1, 0.15) is 26.3 Å². The van der Waals surface area contributed by atoms with Crippen LogP contribution >= 0.6 is 15.9 Å². The zero-order valence-electron chi connectivity index (χ0n) is 12.3. The van der Waals surface area contributed by atoms with Gasteiger partial charge in [0.1, 0.15) is 0 Å². The van der Waals surface area contributed by atoms with Gasteiger partial charge in [0.2, 0.25) is 5.91 Å². The van der Waals surface area contributed by atoms with Crippen molar-refractivity contribution >= 4 is 39.3 Å². The van der Waals surface area contributed by atoms with E-state index in [0.717, 1.165) is 14.9 Å². The number of hydrogen-bond donors (Lipinski definition) is 1. The molecule has 0 radical (unpaired) electrons. The summed E-state index contributed by atoms with van der Waals surface area (Å²) < 4.78 is 0.910. The number of nitrogens with one attached hydrogen (secondary N) is 1. The summed E-state index contributed by atoms with van der Waals surface area (Å²) in [5, 5.41) is 2.75. The second-order valence-corrected chi connectivity index (χ2v) is 6.20. The topological polar surface area (TPSA) is 66.5 Å². The van der Waals surface area contributed by atoms with Crippen molar-refractivity contribution < 1.29 is 14.4 Å². The van der Waals surface area contributed by atoms with Crippen LogP contribution in [0, 0.1) is 0 Å². The van der Waals surface area contributed by atoms with Crippen molar-refractivity contribution in [3.05, 3.63) is 63.6 Å². The Morgan fingerprint density at radius 3 is 2.57 bits per heavy atom. The molecule has 0 atom stereocenters. The summed E-state index contributed by atoms with van der Waals surface area (Å²) in [4.78, 5) is 37.0. The van der Waals surface area contributed by atoms with Crippen LogP contribution in [0.2, 0.25) is 0 Å². The second-order valence-electron chi connectivity index (χ2n) is 5.28. The van der Waals surface area contributed by atoms with Crippen LogP contribution in [0.15, 0.2) is 46.9 Å². The first-order valence-electron chi connectivity index (χ1n) is 6.96. The molecule has 0 aliphatic carbocycles. The first kappa shape index (κ1) is 15.4. The van der Waals surface area contributed by atoms with Gasteiger partial charge in [-0.15, -0.1) is 0 Å². The standard InChI is InChI=1S/C17H13BrN2O3/c1-20-16(22)13-6-5-12(9-14(13)17(20)23)19-15(21)8-10-3-2-4-11(18)7-10/h2-7,9H,8H2,1H3,(H,19,21). The van der Waals surface area contributed by atoms with Crippen LogP contribution in [-0.4, -0.2) is 29.7 Å². The molecular formula is C17H13BrN2O3. The molecule has 0 bridgehead atoms. The lowest BCUT2D eigenvalue weighted by molar-refractivity contribution is -0.115. The van der Waals surface area contributed by atoms with E-state index < -0.39 is 0 Å². The average molecular weight is 373 g/mol. The highest BCUT2D eigenvalue weighted by Gasteiger charge is 2.32. The van der Waals surface area contributed by atoms with Gasteiger partial charge in [-0.1, -0.05) is 28.1 Å². The number of carbonyl (C=O) groups excluding carboxylic acids is 3. The number of halogens is 1. The largest absolute Gasteiger partial charge is 0.326 e. The maximum atomic E-state index is 12.1. The zero-order chi connectivity index (χ0) is 16.6. The van der Waals surface area contributed by atoms with E-state index in [1.54, 1.807) is 12.1 Å². The van der Waals surface area contributed by atoms with E-state index in [0.29, 0.717) is 16.8 Å². The van der Waals surface area contributed by atoms with Gasteiger partial charge in [-0.3, -0.25) is 19.3 Å². The van der Waals surface area contributed by atoms with Gasteiger partial charge >= 0.3 is 0 Å². The van der Waals surface area contributed by atoms with Gasteiger partial charge in [0.25, 0.3) is 11.8 Å². The van der Waals surface area contributed by atoms with E-state index >= 15 is 0 Å². The summed E-state index contributed by atoms with van der Waals surface area (Å²) in [6.07, 6.45) is 0.226. The van der Waals surface area contributed by atoms with E-state index in [1.165, 1.54) is 13.1 Å². The van der Waals surface area contributed by atoms with E-state index in [2.05, 4.69) is 21.2 Å². The van der Waals surface area contributed by atoms with Crippen molar-refractivity contribution in [1.82, 2.24) is 4.90 Å². The summed E-state index contributed by atoms with van der Waals surface area (Å²) >= 11 is 3.36. The van der Waals surface area contributed by atoms with Crippen LogP contribution < -0.4 is 5.32 Å². The van der Waals surface area contributed by atoms with Crippen LogP contribution in [-0.2, 0) is 11.2 Å². The summed E-state index contributed by atoms with van der Waals surface area (Å²) in [7, 11) is 1.44. The van der Waals surface area contributed by atoms with Gasteiger partial charge in [-0.05, 0) is 35.9 Å². The number of imide groups is 1. The van der Waals surface area contributed by atoms with Crippen molar-refractivity contribution in [3.8, 4) is 0 Å². The fourth-order valence-electron chi connectivity index (χ4n) is 2.48. The fourth-order valence-corrected chi connectivity index (χ4v) is 2.92. The molecule has 0 unspecified atom stereocenters. The highest BCUT2D eigenvalue weighted by Crippen LogP contribution is 2.24. The molecule has 0 saturated carbocycles. The highest BCUT2D eigenvalue weighted by molar-refractivity contribution is 9.10. The van der Waals surface area contributed by atoms with Crippen LogP contribution in [0.5, 0.6) is 0 Å². The minimum absolute atomic E-state index is 0.187. The van der Waals surface area contributed by atoms with Crippen LogP contribution in [0.25, 0.3) is 0 Å². The van der Waals surface area contributed by atoms with Gasteiger partial charge in [0.05, 0.1) is 17.5 Å². The molecule has 3 rings (SSSR count). The SMILES string of the molecule is CN1C(=O)c2ccc(NC(=O)Cc3cccc(Br)c3)cc2C1=O. The molecule has 5 nitrogen and oxygen atoms in total. The molecule has 0 aromatic heterocycles. The molecule has 23 heavy (non-hydrogen) atoms. The van der Waals surface area contributed by atoms with E-state index in [9.17, 15) is 14.4 Å². The Bertz CT molecular complexity index is 832. The lowest BCUT2D eigenvalue weighted by Crippen LogP contribution is -2.24. The van der Waals surface area contributed by atoms with Gasteiger partial charge in [0, 0.05) is 17.2 Å². The molecule has 0 fully saturated rings. The maximum Gasteiger partial charge on any atom is 0.261 e. The third-order valence-electron chi connectivity index (χ3n) is 3.63. The number of amides is 3. The maximum absolute atomic E-state index is 12.1. The van der Waals surface area contributed by atoms with E-state index in [-0.39, 0.29) is 24.1 Å². The van der Waals surface area contributed by atoms with Gasteiger partial charge in [0.15, 0.2) is 0 Å². The highest BCUT2D eigenvalue weighted by atomic mass is 79.9. The quantitative estimate of drug-likeness (QED) is 0.842. The number of benzene rings is 2. The Morgan fingerprint density at radius 1 is 1.09 bits per heavy atom. The number of anilines is 1. The van der Waals surface area contributed by atoms with Crippen LogP contribution in [0.4, 0.5) is 5.69 Å². The molecule has 3 amide bonds. The Balaban J connectivity index is 1.76. The van der Waals surface area contributed by atoms with Crippen molar-refractivity contribution in [3.63, 3.8) is 0 Å². The molecule has 2 aromatic rings. The molecule has 1 heterocycles. The Labute approximate surface area is 141 Å². The summed E-state index contributed by atoms with van der Waals surface area (Å²) in [5.74, 6) is -0.863. The number of rotatable bonds is 3. The van der Waals surface area contributed by atoms with Gasteiger partial charge in [-0.2, -0.15) is 0 Å². The number of carbonyl (C=O) groups is 3. The molecule has 1 aliphatic rings. The summed E-state index contributed by atoms with van der Waals surface area (Å²) in [5.41, 5.74) is 2.06. The predicted molar refractivity (Wildman–Crippen MR) is 89.3 cm³/mol. The first-order chi connectivity index (χ1) is 11.0. The fraction of sp³-hybridized carbons (Fsp3) is 0.118. The Kier molecular flexibility index (Phi) is 4.00. The number of hydrogen-bond acceptors (Lipinski definition) is 3. The molecule has 6 heteroatoms. The Morgan fingerprint density at radius 2 is 1.83 bits per heavy atom. The van der Waals surface area contributed by atoms with Crippen molar-refractivity contribution in [1.29, 1.82) is 0 Å². The molecule has 1 N–H and O–H groups in total. The smallest absolute Gasteiger partial charge is 0.261 e. The lowest BCUT2D eigenvalue weighted by atomic mass is 10.1. The predicted octanol–water partition coefficient (Wildman–Crippen LogP) is 2.86. The minimum Gasteiger partial charge on any atom is -0.326 e. The molecule has 1 aliphatic heterocycles. The van der Waals surface area contributed by atoms with Crippen molar-refractivity contribution in [2.75, 3.05) is 12.4 Å². The number of nitrogens with zero attached hydrogens (tertiary/aromatic N) is 1. The molecular weight excluding hydrogens is 360 g/mol. The molecule has 2 aromatic carbocycles. The third kappa shape index (κ3) is 3.03. The minimum atomic E-state index is -0.354. The van der Waals surface area contributed by atoms with Crippen molar-refractivity contribution in [2.45, 2.75) is 6.42 Å². The molecule has 116 valence electrons. The summed E-state index contributed by atoms with van der Waals surface area (Å²) in [6.45, 7) is 0. The molecule has 0 spiro atoms. The summed E-state index contributed by atoms with van der Waals surface area (Å²) in [6, 6.07) is 12.2. The van der Waals surface area contributed by atoms with Crippen molar-refractivity contribution in [2.24, 2.45) is 0 Å². The van der Waals surface area contributed by atoms with E-state index in [1.807, 2.05) is 24.3 Å². The van der Waals surface area contributed by atoms with Crippen LogP contribution in [0.3, 0.4) is 0 Å². The van der Waals surface area contributed by atoms with Gasteiger partial charge < -0.3 is 5.32 Å². The average Bonchev–Trinajstić information content (AvgIpc) is 2.72. The normalized spacial score (nSPS) is 13.2. The third-order valence-corrected chi connectivity index (χ3v) is 4.12. The lowest BCUT2D eigenvalue weighted by Gasteiger charge is -2.07. The van der Waals surface area contributed by atoms with Gasteiger partial charge in [-0.25, -0.2) is 0 Å². The first-order valence-corrected chi connectivity index (χ1v) is 7.76. The second kappa shape index (κ2) is 5.96. The Hall–Kier alpha value is -2.47. The monoisotopic (exact) mass is 372 g/mol. The zero-order valence-corrected chi connectivity index (χ0v) is 13.9. The van der Waals surface area contributed by atoms with E-state index in [4.69, 9.17) is 0 Å².